The predicted octanol–water partition coefficient (Wildman–Crippen LogP) is 2.40. The molecule has 1 rings (SSSR count). The number of hydrogen-bond acceptors (Lipinski definition) is 3. The Bertz CT molecular complexity index is 399. The molecule has 0 aliphatic rings. The van der Waals surface area contributed by atoms with Crippen LogP contribution in [0.4, 0.5) is 4.39 Å². The summed E-state index contributed by atoms with van der Waals surface area (Å²) in [6.45, 7) is 3.84. The molecule has 19 heavy (non-hydrogen) atoms. The van der Waals surface area contributed by atoms with Gasteiger partial charge in [-0.1, -0.05) is 17.7 Å². The molecule has 0 spiro atoms. The van der Waals surface area contributed by atoms with Gasteiger partial charge in [-0.2, -0.15) is 0 Å². The highest BCUT2D eigenvalue weighted by Crippen LogP contribution is 2.23. The minimum absolute atomic E-state index is 0.354. The monoisotopic (exact) mass is 289 g/mol. The van der Waals surface area contributed by atoms with E-state index in [1.54, 1.807) is 20.1 Å². The van der Waals surface area contributed by atoms with E-state index >= 15 is 0 Å². The van der Waals surface area contributed by atoms with Crippen LogP contribution in [0.3, 0.4) is 0 Å². The molecule has 0 amide bonds. The second-order valence-corrected chi connectivity index (χ2v) is 5.31. The first-order valence-corrected chi connectivity index (χ1v) is 6.68. The molecule has 0 aliphatic carbocycles. The minimum Gasteiger partial charge on any atom is -0.390 e. The fourth-order valence-electron chi connectivity index (χ4n) is 1.82. The van der Waals surface area contributed by atoms with Gasteiger partial charge in [-0.15, -0.1) is 0 Å². The molecule has 0 radical (unpaired) electrons. The van der Waals surface area contributed by atoms with Gasteiger partial charge in [0.15, 0.2) is 0 Å². The topological polar surface area (TPSA) is 41.5 Å². The summed E-state index contributed by atoms with van der Waals surface area (Å²) < 4.78 is 17.9. The Kier molecular flexibility index (Phi) is 6.72. The third-order valence-corrected chi connectivity index (χ3v) is 3.26. The summed E-state index contributed by atoms with van der Waals surface area (Å²) in [6.07, 6.45) is 0.989. The van der Waals surface area contributed by atoms with Gasteiger partial charge < -0.3 is 15.2 Å². The first-order valence-electron chi connectivity index (χ1n) is 6.30. The average Bonchev–Trinajstić information content (AvgIpc) is 2.32. The molecule has 1 aromatic carbocycles. The van der Waals surface area contributed by atoms with Crippen LogP contribution in [0.1, 0.15) is 18.9 Å². The van der Waals surface area contributed by atoms with Gasteiger partial charge in [-0.3, -0.25) is 0 Å². The molecule has 3 nitrogen and oxygen atoms in total. The highest BCUT2D eigenvalue weighted by molar-refractivity contribution is 6.31. The number of nitrogens with one attached hydrogen (secondary N) is 1. The molecule has 0 saturated carbocycles. The van der Waals surface area contributed by atoms with E-state index in [1.807, 2.05) is 0 Å². The maximum Gasteiger partial charge on any atom is 0.124 e. The molecule has 1 aromatic rings. The summed E-state index contributed by atoms with van der Waals surface area (Å²) in [5.74, 6) is -0.366. The van der Waals surface area contributed by atoms with Crippen molar-refractivity contribution in [2.24, 2.45) is 0 Å². The van der Waals surface area contributed by atoms with E-state index < -0.39 is 5.60 Å². The number of ether oxygens (including phenoxy) is 1. The van der Waals surface area contributed by atoms with Gasteiger partial charge in [0.05, 0.1) is 12.2 Å². The summed E-state index contributed by atoms with van der Waals surface area (Å²) in [5, 5.41) is 13.8. The number of hydrogen-bond donors (Lipinski definition) is 2. The van der Waals surface area contributed by atoms with Gasteiger partial charge in [0.1, 0.15) is 5.82 Å². The molecule has 0 aliphatic heterocycles. The molecule has 0 heterocycles. The first-order chi connectivity index (χ1) is 8.94. The van der Waals surface area contributed by atoms with E-state index in [4.69, 9.17) is 16.3 Å². The molecular formula is C14H21ClFNO2. The zero-order valence-corrected chi connectivity index (χ0v) is 12.1. The van der Waals surface area contributed by atoms with Crippen LogP contribution >= 0.6 is 11.6 Å². The van der Waals surface area contributed by atoms with Crippen LogP contribution in [0.15, 0.2) is 18.2 Å². The van der Waals surface area contributed by atoms with Crippen molar-refractivity contribution in [2.45, 2.75) is 25.4 Å². The van der Waals surface area contributed by atoms with E-state index in [9.17, 15) is 9.50 Å². The molecular weight excluding hydrogens is 269 g/mol. The van der Waals surface area contributed by atoms with Gasteiger partial charge in [0, 0.05) is 25.1 Å². The van der Waals surface area contributed by atoms with Gasteiger partial charge in [-0.25, -0.2) is 4.39 Å². The highest BCUT2D eigenvalue weighted by Gasteiger charge is 2.21. The molecule has 1 unspecified atom stereocenters. The van der Waals surface area contributed by atoms with E-state index in [1.165, 1.54) is 12.1 Å². The van der Waals surface area contributed by atoms with Gasteiger partial charge >= 0.3 is 0 Å². The van der Waals surface area contributed by atoms with Crippen molar-refractivity contribution in [2.75, 3.05) is 26.8 Å². The van der Waals surface area contributed by atoms with E-state index in [0.717, 1.165) is 12.1 Å². The summed E-state index contributed by atoms with van der Waals surface area (Å²) in [7, 11) is 1.65. The third-order valence-electron chi connectivity index (χ3n) is 2.91. The molecule has 2 N–H and O–H groups in total. The van der Waals surface area contributed by atoms with Crippen LogP contribution in [0, 0.1) is 5.82 Å². The average molecular weight is 290 g/mol. The van der Waals surface area contributed by atoms with E-state index in [-0.39, 0.29) is 5.82 Å². The Morgan fingerprint density at radius 2 is 2.16 bits per heavy atom. The summed E-state index contributed by atoms with van der Waals surface area (Å²) in [4.78, 5) is 0. The Labute approximate surface area is 118 Å². The lowest BCUT2D eigenvalue weighted by atomic mass is 9.93. The van der Waals surface area contributed by atoms with Crippen LogP contribution in [0.2, 0.25) is 5.02 Å². The Morgan fingerprint density at radius 3 is 2.79 bits per heavy atom. The molecule has 0 saturated heterocycles. The maximum atomic E-state index is 12.9. The summed E-state index contributed by atoms with van der Waals surface area (Å²) in [5.41, 5.74) is -0.119. The zero-order chi connectivity index (χ0) is 14.3. The number of aliphatic hydroxyl groups is 1. The zero-order valence-electron chi connectivity index (χ0n) is 11.4. The summed E-state index contributed by atoms with van der Waals surface area (Å²) in [6, 6.07) is 4.24. The largest absolute Gasteiger partial charge is 0.390 e. The van der Waals surface area contributed by atoms with Crippen molar-refractivity contribution in [3.63, 3.8) is 0 Å². The predicted molar refractivity (Wildman–Crippen MR) is 75.1 cm³/mol. The fraction of sp³-hybridized carbons (Fsp3) is 0.571. The van der Waals surface area contributed by atoms with Crippen molar-refractivity contribution in [1.82, 2.24) is 5.32 Å². The molecule has 0 aromatic heterocycles. The van der Waals surface area contributed by atoms with Crippen LogP contribution in [0.25, 0.3) is 0 Å². The lowest BCUT2D eigenvalue weighted by Gasteiger charge is -2.24. The van der Waals surface area contributed by atoms with Gasteiger partial charge in [0.25, 0.3) is 0 Å². The molecule has 0 bridgehead atoms. The second kappa shape index (κ2) is 7.80. The molecule has 0 fully saturated rings. The number of benzene rings is 1. The van der Waals surface area contributed by atoms with Crippen molar-refractivity contribution in [1.29, 1.82) is 0 Å². The van der Waals surface area contributed by atoms with Crippen molar-refractivity contribution in [3.05, 3.63) is 34.6 Å². The standard InChI is InChI=1S/C14H21ClFNO2/c1-14(18,5-6-17-7-8-19-2)10-11-3-4-12(16)9-13(11)15/h3-4,9,17-18H,5-8,10H2,1-2H3. The van der Waals surface area contributed by atoms with Crippen molar-refractivity contribution >= 4 is 11.6 Å². The van der Waals surface area contributed by atoms with Crippen LogP contribution in [-0.2, 0) is 11.2 Å². The first kappa shape index (κ1) is 16.4. The normalized spacial score (nSPS) is 14.4. The lowest BCUT2D eigenvalue weighted by Crippen LogP contribution is -2.33. The SMILES string of the molecule is COCCNCCC(C)(O)Cc1ccc(F)cc1Cl. The highest BCUT2D eigenvalue weighted by atomic mass is 35.5. The van der Waals surface area contributed by atoms with Crippen molar-refractivity contribution < 1.29 is 14.2 Å². The third kappa shape index (κ3) is 6.34. The lowest BCUT2D eigenvalue weighted by molar-refractivity contribution is 0.0510. The smallest absolute Gasteiger partial charge is 0.124 e. The van der Waals surface area contributed by atoms with Crippen LogP contribution < -0.4 is 5.32 Å². The Morgan fingerprint density at radius 1 is 1.42 bits per heavy atom. The van der Waals surface area contributed by atoms with Crippen LogP contribution in [0.5, 0.6) is 0 Å². The number of methoxy groups -OCH3 is 1. The molecule has 108 valence electrons. The van der Waals surface area contributed by atoms with E-state index in [2.05, 4.69) is 5.32 Å². The minimum atomic E-state index is -0.873. The Hall–Kier alpha value is -0.680. The molecule has 5 heteroatoms. The van der Waals surface area contributed by atoms with Crippen molar-refractivity contribution in [3.8, 4) is 0 Å². The quantitative estimate of drug-likeness (QED) is 0.722. The summed E-state index contributed by atoms with van der Waals surface area (Å²) >= 11 is 5.95. The molecule has 1 atom stereocenters. The number of halogens is 2. The Balaban J connectivity index is 2.44. The van der Waals surface area contributed by atoms with Gasteiger partial charge in [0.2, 0.25) is 0 Å². The second-order valence-electron chi connectivity index (χ2n) is 4.90. The van der Waals surface area contributed by atoms with Gasteiger partial charge in [-0.05, 0) is 37.6 Å². The number of rotatable bonds is 8. The van der Waals surface area contributed by atoms with Crippen LogP contribution in [-0.4, -0.2) is 37.5 Å². The fourth-order valence-corrected chi connectivity index (χ4v) is 2.05. The maximum absolute atomic E-state index is 12.9. The van der Waals surface area contributed by atoms with E-state index in [0.29, 0.717) is 31.0 Å².